The minimum atomic E-state index is -0.575. The van der Waals surface area contributed by atoms with Crippen LogP contribution in [0.15, 0.2) is 59.5 Å². The number of esters is 1. The molecule has 1 aromatic heterocycles. The number of carbonyl (C=O) groups is 3. The van der Waals surface area contributed by atoms with Gasteiger partial charge in [-0.2, -0.15) is 0 Å². The van der Waals surface area contributed by atoms with Gasteiger partial charge in [0, 0.05) is 21.9 Å². The van der Waals surface area contributed by atoms with E-state index >= 15 is 0 Å². The molecule has 0 spiro atoms. The Balaban J connectivity index is 1.64. The Kier molecular flexibility index (Phi) is 10.3. The first-order valence-corrected chi connectivity index (χ1v) is 16.0. The Bertz CT molecular complexity index is 1380. The van der Waals surface area contributed by atoms with Crippen molar-refractivity contribution in [1.29, 1.82) is 0 Å². The Hall–Kier alpha value is -3.10. The molecule has 0 saturated heterocycles. The second-order valence-corrected chi connectivity index (χ2v) is 13.7. The summed E-state index contributed by atoms with van der Waals surface area (Å²) < 4.78 is 5.45. The number of thioether (sulfide) groups is 1. The van der Waals surface area contributed by atoms with Crippen LogP contribution in [-0.2, 0) is 27.2 Å². The lowest BCUT2D eigenvalue weighted by Crippen LogP contribution is -2.26. The second-order valence-electron chi connectivity index (χ2n) is 11.5. The maximum atomic E-state index is 14.0. The number of fused-ring (bicyclic) bond motifs is 1. The number of thiophene rings is 1. The molecule has 1 heterocycles. The van der Waals surface area contributed by atoms with Gasteiger partial charge in [0.1, 0.15) is 10.3 Å². The highest BCUT2D eigenvalue weighted by Gasteiger charge is 2.35. The van der Waals surface area contributed by atoms with Crippen molar-refractivity contribution in [2.45, 2.75) is 76.9 Å². The predicted octanol–water partition coefficient (Wildman–Crippen LogP) is 8.29. The minimum Gasteiger partial charge on any atom is -0.462 e. The fourth-order valence-corrected chi connectivity index (χ4v) is 7.55. The first-order chi connectivity index (χ1) is 19.6. The largest absolute Gasteiger partial charge is 0.462 e. The smallest absolute Gasteiger partial charge is 0.341 e. The lowest BCUT2D eigenvalue weighted by atomic mass is 9.72. The molecule has 2 N–H and O–H groups in total. The summed E-state index contributed by atoms with van der Waals surface area (Å²) in [6.07, 6.45) is 3.91. The average molecular weight is 593 g/mol. The first-order valence-electron chi connectivity index (χ1n) is 14.3. The van der Waals surface area contributed by atoms with Crippen LogP contribution in [0.1, 0.15) is 85.5 Å². The SMILES string of the molecule is CCCC(=O)Nc1cccc(SC(C(=O)Nc2sc3c(c2C(=O)OCC)CCC(C(C)(C)C)C3)c2ccccc2)c1. The standard InChI is InChI=1S/C33H40N2O4S2/c1-6-12-27(36)34-23-15-11-16-24(20-23)40-29(21-13-9-8-10-14-21)30(37)35-31-28(32(38)39-7-2)25-18-17-22(33(3,4)5)19-26(25)41-31/h8-11,13-16,20,22,29H,6-7,12,17-19H2,1-5H3,(H,34,36)(H,35,37). The number of amides is 2. The summed E-state index contributed by atoms with van der Waals surface area (Å²) in [5, 5.41) is 6.06. The number of hydrogen-bond acceptors (Lipinski definition) is 6. The molecule has 0 saturated carbocycles. The molecule has 2 atom stereocenters. The topological polar surface area (TPSA) is 84.5 Å². The normalized spacial score (nSPS) is 15.5. The van der Waals surface area contributed by atoms with Gasteiger partial charge in [-0.1, -0.05) is 64.1 Å². The number of ether oxygens (including phenoxy) is 1. The van der Waals surface area contributed by atoms with Gasteiger partial charge in [-0.3, -0.25) is 9.59 Å². The monoisotopic (exact) mass is 592 g/mol. The molecule has 0 fully saturated rings. The van der Waals surface area contributed by atoms with Gasteiger partial charge in [0.15, 0.2) is 0 Å². The third kappa shape index (κ3) is 7.80. The molecule has 0 radical (unpaired) electrons. The number of hydrogen-bond donors (Lipinski definition) is 2. The van der Waals surface area contributed by atoms with E-state index in [0.29, 0.717) is 28.6 Å². The van der Waals surface area contributed by atoms with Crippen LogP contribution in [0.25, 0.3) is 0 Å². The van der Waals surface area contributed by atoms with Gasteiger partial charge in [0.05, 0.1) is 12.2 Å². The maximum Gasteiger partial charge on any atom is 0.341 e. The zero-order chi connectivity index (χ0) is 29.6. The third-order valence-electron chi connectivity index (χ3n) is 7.40. The van der Waals surface area contributed by atoms with Crippen LogP contribution in [0.5, 0.6) is 0 Å². The van der Waals surface area contributed by atoms with Crippen LogP contribution in [0, 0.1) is 11.3 Å². The highest BCUT2D eigenvalue weighted by atomic mass is 32.2. The van der Waals surface area contributed by atoms with E-state index in [4.69, 9.17) is 4.74 Å². The molecule has 8 heteroatoms. The lowest BCUT2D eigenvalue weighted by Gasteiger charge is -2.33. The van der Waals surface area contributed by atoms with Gasteiger partial charge in [-0.05, 0) is 73.3 Å². The summed E-state index contributed by atoms with van der Waals surface area (Å²) in [6.45, 7) is 10.8. The molecule has 6 nitrogen and oxygen atoms in total. The van der Waals surface area contributed by atoms with E-state index in [1.54, 1.807) is 6.92 Å². The van der Waals surface area contributed by atoms with Crippen molar-refractivity contribution in [2.75, 3.05) is 17.2 Å². The molecular formula is C33H40N2O4S2. The molecule has 218 valence electrons. The minimum absolute atomic E-state index is 0.0335. The van der Waals surface area contributed by atoms with Crippen molar-refractivity contribution in [2.24, 2.45) is 11.3 Å². The highest BCUT2D eigenvalue weighted by Crippen LogP contribution is 2.45. The lowest BCUT2D eigenvalue weighted by molar-refractivity contribution is -0.116. The summed E-state index contributed by atoms with van der Waals surface area (Å²) in [5.41, 5.74) is 3.23. The van der Waals surface area contributed by atoms with Crippen molar-refractivity contribution in [3.8, 4) is 0 Å². The molecular weight excluding hydrogens is 553 g/mol. The molecule has 1 aliphatic carbocycles. The van der Waals surface area contributed by atoms with E-state index in [0.717, 1.165) is 46.6 Å². The fourth-order valence-electron chi connectivity index (χ4n) is 5.14. The van der Waals surface area contributed by atoms with Crippen LogP contribution in [-0.4, -0.2) is 24.4 Å². The van der Waals surface area contributed by atoms with Crippen molar-refractivity contribution >= 4 is 51.6 Å². The highest BCUT2D eigenvalue weighted by molar-refractivity contribution is 8.00. The van der Waals surface area contributed by atoms with Crippen LogP contribution in [0.2, 0.25) is 0 Å². The maximum absolute atomic E-state index is 14.0. The van der Waals surface area contributed by atoms with E-state index in [1.807, 2.05) is 61.5 Å². The van der Waals surface area contributed by atoms with E-state index in [-0.39, 0.29) is 29.8 Å². The van der Waals surface area contributed by atoms with E-state index < -0.39 is 5.25 Å². The number of nitrogens with one attached hydrogen (secondary N) is 2. The van der Waals surface area contributed by atoms with Gasteiger partial charge < -0.3 is 15.4 Å². The van der Waals surface area contributed by atoms with Crippen molar-refractivity contribution in [3.05, 3.63) is 76.2 Å². The van der Waals surface area contributed by atoms with E-state index in [9.17, 15) is 14.4 Å². The Morgan fingerprint density at radius 1 is 1.05 bits per heavy atom. The van der Waals surface area contributed by atoms with Gasteiger partial charge in [-0.25, -0.2) is 4.79 Å². The molecule has 3 aromatic rings. The molecule has 2 amide bonds. The average Bonchev–Trinajstić information content (AvgIpc) is 3.29. The molecule has 4 rings (SSSR count). The van der Waals surface area contributed by atoms with Gasteiger partial charge in [-0.15, -0.1) is 23.1 Å². The molecule has 0 aliphatic heterocycles. The van der Waals surface area contributed by atoms with Gasteiger partial charge in [0.2, 0.25) is 11.8 Å². The quantitative estimate of drug-likeness (QED) is 0.183. The summed E-state index contributed by atoms with van der Waals surface area (Å²) in [4.78, 5) is 41.3. The summed E-state index contributed by atoms with van der Waals surface area (Å²) >= 11 is 2.92. The van der Waals surface area contributed by atoms with Crippen molar-refractivity contribution in [3.63, 3.8) is 0 Å². The van der Waals surface area contributed by atoms with Crippen LogP contribution in [0.3, 0.4) is 0 Å². The Morgan fingerprint density at radius 3 is 2.49 bits per heavy atom. The fraction of sp³-hybridized carbons (Fsp3) is 0.424. The molecule has 0 bridgehead atoms. The molecule has 2 aromatic carbocycles. The Morgan fingerprint density at radius 2 is 1.80 bits per heavy atom. The molecule has 41 heavy (non-hydrogen) atoms. The van der Waals surface area contributed by atoms with E-state index in [1.165, 1.54) is 23.1 Å². The summed E-state index contributed by atoms with van der Waals surface area (Å²) in [5.74, 6) is -0.120. The van der Waals surface area contributed by atoms with Crippen LogP contribution < -0.4 is 10.6 Å². The third-order valence-corrected chi connectivity index (χ3v) is 9.81. The number of rotatable bonds is 10. The zero-order valence-corrected chi connectivity index (χ0v) is 26.2. The van der Waals surface area contributed by atoms with Crippen molar-refractivity contribution in [1.82, 2.24) is 0 Å². The summed E-state index contributed by atoms with van der Waals surface area (Å²) in [6, 6.07) is 17.2. The van der Waals surface area contributed by atoms with E-state index in [2.05, 4.69) is 31.4 Å². The first kappa shape index (κ1) is 30.8. The van der Waals surface area contributed by atoms with Crippen LogP contribution in [0.4, 0.5) is 10.7 Å². The number of carbonyl (C=O) groups excluding carboxylic acids is 3. The Labute approximate surface area is 251 Å². The van der Waals surface area contributed by atoms with Gasteiger partial charge in [0.25, 0.3) is 0 Å². The predicted molar refractivity (Wildman–Crippen MR) is 169 cm³/mol. The number of anilines is 2. The number of benzene rings is 2. The summed E-state index contributed by atoms with van der Waals surface area (Å²) in [7, 11) is 0. The van der Waals surface area contributed by atoms with Crippen molar-refractivity contribution < 1.29 is 19.1 Å². The second kappa shape index (κ2) is 13.7. The van der Waals surface area contributed by atoms with Crippen LogP contribution >= 0.6 is 23.1 Å². The molecule has 1 aliphatic rings. The zero-order valence-electron chi connectivity index (χ0n) is 24.5. The van der Waals surface area contributed by atoms with Gasteiger partial charge >= 0.3 is 5.97 Å². The molecule has 2 unspecified atom stereocenters.